The molecular formula is C48H97NO4. The number of carbonyl (C=O) groups excluding carboxylic acids is 1. The Hall–Kier alpha value is -0.810. The molecular weight excluding hydrogens is 655 g/mol. The molecule has 0 radical (unpaired) electrons. The van der Waals surface area contributed by atoms with E-state index in [1.165, 1.54) is 180 Å². The van der Waals surface area contributed by atoms with Gasteiger partial charge in [-0.1, -0.05) is 194 Å². The van der Waals surface area contributed by atoms with Gasteiger partial charge in [0.25, 0.3) is 0 Å². The van der Waals surface area contributed by atoms with E-state index in [0.29, 0.717) is 19.8 Å². The fraction of sp³-hybridized carbons (Fsp3) is 0.979. The van der Waals surface area contributed by atoms with Gasteiger partial charge >= 0.3 is 6.09 Å². The van der Waals surface area contributed by atoms with Crippen LogP contribution in [-0.4, -0.2) is 43.2 Å². The molecule has 0 aromatic heterocycles. The van der Waals surface area contributed by atoms with Crippen LogP contribution in [0.25, 0.3) is 0 Å². The quantitative estimate of drug-likeness (QED) is 0.0632. The standard InChI is InChI=1S/C48H97NO4/c1-8-10-12-14-16-18-20-22-24-26-28-30-32-34-36-39-45(40-37-35-33-31-29-27-25-23-21-19-17-15-13-11-9-2)53-46(50)49-42-38-43-52-48(6,7)41-44-51-47(3,4)5/h45H,8-44H2,1-7H3,(H,49,50). The van der Waals surface area contributed by atoms with Gasteiger partial charge in [0.1, 0.15) is 6.10 Å². The fourth-order valence-electron chi connectivity index (χ4n) is 7.23. The van der Waals surface area contributed by atoms with Crippen LogP contribution >= 0.6 is 0 Å². The van der Waals surface area contributed by atoms with E-state index in [2.05, 4.69) is 53.8 Å². The molecule has 5 nitrogen and oxygen atoms in total. The van der Waals surface area contributed by atoms with E-state index < -0.39 is 0 Å². The summed E-state index contributed by atoms with van der Waals surface area (Å²) in [5, 5.41) is 3.00. The van der Waals surface area contributed by atoms with Gasteiger partial charge in [0.2, 0.25) is 0 Å². The van der Waals surface area contributed by atoms with Crippen molar-refractivity contribution in [3.05, 3.63) is 0 Å². The molecule has 0 heterocycles. The average Bonchev–Trinajstić information content (AvgIpc) is 3.10. The van der Waals surface area contributed by atoms with Gasteiger partial charge in [-0.2, -0.15) is 0 Å². The molecule has 318 valence electrons. The Morgan fingerprint density at radius 1 is 0.453 bits per heavy atom. The van der Waals surface area contributed by atoms with Crippen LogP contribution in [0, 0.1) is 0 Å². The third-order valence-electron chi connectivity index (χ3n) is 10.9. The molecule has 1 N–H and O–H groups in total. The fourth-order valence-corrected chi connectivity index (χ4v) is 7.23. The number of ether oxygens (including phenoxy) is 3. The number of hydrogen-bond acceptors (Lipinski definition) is 4. The highest BCUT2D eigenvalue weighted by molar-refractivity contribution is 5.67. The number of alkyl carbamates (subject to hydrolysis) is 1. The van der Waals surface area contributed by atoms with Crippen molar-refractivity contribution >= 4 is 6.09 Å². The highest BCUT2D eigenvalue weighted by Gasteiger charge is 2.20. The molecule has 0 unspecified atom stereocenters. The van der Waals surface area contributed by atoms with Gasteiger partial charge in [-0.05, 0) is 73.1 Å². The zero-order chi connectivity index (χ0) is 39.1. The maximum atomic E-state index is 12.8. The Morgan fingerprint density at radius 3 is 1.13 bits per heavy atom. The van der Waals surface area contributed by atoms with Crippen LogP contribution < -0.4 is 5.32 Å². The first kappa shape index (κ1) is 52.2. The van der Waals surface area contributed by atoms with Gasteiger partial charge in [-0.15, -0.1) is 0 Å². The zero-order valence-corrected chi connectivity index (χ0v) is 37.4. The smallest absolute Gasteiger partial charge is 0.407 e. The highest BCUT2D eigenvalue weighted by Crippen LogP contribution is 2.20. The Balaban J connectivity index is 4.24. The molecule has 0 fully saturated rings. The second-order valence-corrected chi connectivity index (χ2v) is 18.1. The first-order valence-electron chi connectivity index (χ1n) is 23.8. The molecule has 53 heavy (non-hydrogen) atoms. The zero-order valence-electron chi connectivity index (χ0n) is 37.4. The molecule has 0 rings (SSSR count). The molecule has 0 aliphatic carbocycles. The van der Waals surface area contributed by atoms with Crippen molar-refractivity contribution < 1.29 is 19.0 Å². The van der Waals surface area contributed by atoms with Gasteiger partial charge in [0.15, 0.2) is 0 Å². The summed E-state index contributed by atoms with van der Waals surface area (Å²) in [7, 11) is 0. The first-order chi connectivity index (χ1) is 25.6. The maximum Gasteiger partial charge on any atom is 0.407 e. The SMILES string of the molecule is CCCCCCCCCCCCCCCCCC(CCCCCCCCCCCCCCCCC)OC(=O)NCCCOC(C)(C)CCOC(C)(C)C. The summed E-state index contributed by atoms with van der Waals surface area (Å²) in [6, 6.07) is 0. The second kappa shape index (κ2) is 38.1. The highest BCUT2D eigenvalue weighted by atomic mass is 16.6. The number of carbonyl (C=O) groups is 1. The topological polar surface area (TPSA) is 56.8 Å². The van der Waals surface area contributed by atoms with Crippen molar-refractivity contribution in [3.8, 4) is 0 Å². The van der Waals surface area contributed by atoms with Crippen molar-refractivity contribution in [2.45, 2.75) is 284 Å². The van der Waals surface area contributed by atoms with Crippen molar-refractivity contribution in [1.29, 1.82) is 0 Å². The molecule has 0 bridgehead atoms. The third-order valence-corrected chi connectivity index (χ3v) is 10.9. The molecule has 0 aliphatic rings. The summed E-state index contributed by atoms with van der Waals surface area (Å²) in [6.45, 7) is 16.9. The summed E-state index contributed by atoms with van der Waals surface area (Å²) in [6.07, 6.45) is 44.7. The monoisotopic (exact) mass is 752 g/mol. The summed E-state index contributed by atoms with van der Waals surface area (Å²) in [4.78, 5) is 12.8. The Morgan fingerprint density at radius 2 is 0.792 bits per heavy atom. The van der Waals surface area contributed by atoms with Crippen molar-refractivity contribution in [1.82, 2.24) is 5.32 Å². The van der Waals surface area contributed by atoms with Crippen LogP contribution in [0.15, 0.2) is 0 Å². The number of nitrogens with one attached hydrogen (secondary N) is 1. The van der Waals surface area contributed by atoms with Gasteiger partial charge < -0.3 is 19.5 Å². The molecule has 0 spiro atoms. The average molecular weight is 752 g/mol. The third kappa shape index (κ3) is 42.2. The predicted molar refractivity (Wildman–Crippen MR) is 232 cm³/mol. The van der Waals surface area contributed by atoms with Gasteiger partial charge in [0, 0.05) is 19.8 Å². The number of unbranched alkanes of at least 4 members (excludes halogenated alkanes) is 28. The number of rotatable bonds is 41. The molecule has 0 aromatic rings. The van der Waals surface area contributed by atoms with Gasteiger partial charge in [0.05, 0.1) is 11.2 Å². The minimum absolute atomic E-state index is 0.0388. The lowest BCUT2D eigenvalue weighted by Crippen LogP contribution is -2.32. The van der Waals surface area contributed by atoms with Crippen LogP contribution in [0.5, 0.6) is 0 Å². The van der Waals surface area contributed by atoms with E-state index >= 15 is 0 Å². The number of amides is 1. The minimum atomic E-state index is -0.255. The Kier molecular flexibility index (Phi) is 37.5. The molecule has 5 heteroatoms. The number of hydrogen-bond donors (Lipinski definition) is 1. The molecule has 0 saturated carbocycles. The van der Waals surface area contributed by atoms with Crippen LogP contribution in [0.2, 0.25) is 0 Å². The molecule has 0 saturated heterocycles. The summed E-state index contributed by atoms with van der Waals surface area (Å²) < 4.78 is 18.0. The van der Waals surface area contributed by atoms with E-state index in [1.54, 1.807) is 0 Å². The Labute approximate surface area is 333 Å². The lowest BCUT2D eigenvalue weighted by molar-refractivity contribution is -0.0667. The lowest BCUT2D eigenvalue weighted by Gasteiger charge is -2.28. The minimum Gasteiger partial charge on any atom is -0.446 e. The molecule has 0 aromatic carbocycles. The normalized spacial score (nSPS) is 12.2. The lowest BCUT2D eigenvalue weighted by atomic mass is 10.0. The predicted octanol–water partition coefficient (Wildman–Crippen LogP) is 16.0. The van der Waals surface area contributed by atoms with Crippen molar-refractivity contribution in [3.63, 3.8) is 0 Å². The van der Waals surface area contributed by atoms with Crippen LogP contribution in [-0.2, 0) is 14.2 Å². The van der Waals surface area contributed by atoms with E-state index in [1.807, 2.05) is 0 Å². The summed E-state index contributed by atoms with van der Waals surface area (Å²) in [5.41, 5.74) is -0.367. The summed E-state index contributed by atoms with van der Waals surface area (Å²) >= 11 is 0. The van der Waals surface area contributed by atoms with Crippen LogP contribution in [0.1, 0.15) is 267 Å². The van der Waals surface area contributed by atoms with Crippen LogP contribution in [0.4, 0.5) is 4.79 Å². The molecule has 0 aliphatic heterocycles. The van der Waals surface area contributed by atoms with Crippen molar-refractivity contribution in [2.75, 3.05) is 19.8 Å². The van der Waals surface area contributed by atoms with Gasteiger partial charge in [-0.3, -0.25) is 0 Å². The van der Waals surface area contributed by atoms with E-state index in [9.17, 15) is 4.79 Å². The maximum absolute atomic E-state index is 12.8. The van der Waals surface area contributed by atoms with E-state index in [-0.39, 0.29) is 23.4 Å². The Bertz CT molecular complexity index is 714. The second-order valence-electron chi connectivity index (χ2n) is 18.1. The summed E-state index contributed by atoms with van der Waals surface area (Å²) in [5.74, 6) is 0. The first-order valence-corrected chi connectivity index (χ1v) is 23.8. The van der Waals surface area contributed by atoms with Crippen molar-refractivity contribution in [2.24, 2.45) is 0 Å². The molecule has 1 amide bonds. The largest absolute Gasteiger partial charge is 0.446 e. The van der Waals surface area contributed by atoms with E-state index in [0.717, 1.165) is 38.5 Å². The van der Waals surface area contributed by atoms with Crippen LogP contribution in [0.3, 0.4) is 0 Å². The van der Waals surface area contributed by atoms with Gasteiger partial charge in [-0.25, -0.2) is 4.79 Å². The van der Waals surface area contributed by atoms with E-state index in [4.69, 9.17) is 14.2 Å². The molecule has 0 atom stereocenters.